The van der Waals surface area contributed by atoms with Gasteiger partial charge in [0.15, 0.2) is 0 Å². The highest BCUT2D eigenvalue weighted by Gasteiger charge is 2.14. The second kappa shape index (κ2) is 4.85. The van der Waals surface area contributed by atoms with Crippen molar-refractivity contribution in [1.29, 1.82) is 0 Å². The SMILES string of the molecule is O=S(=O)(Nc1ccccn1)c1cccc(Br)c1. The molecule has 4 nitrogen and oxygen atoms in total. The van der Waals surface area contributed by atoms with Crippen molar-refractivity contribution in [3.8, 4) is 0 Å². The van der Waals surface area contributed by atoms with Crippen LogP contribution in [-0.2, 0) is 10.0 Å². The summed E-state index contributed by atoms with van der Waals surface area (Å²) in [5.74, 6) is 0.299. The lowest BCUT2D eigenvalue weighted by atomic mass is 10.4. The number of hydrogen-bond acceptors (Lipinski definition) is 3. The predicted octanol–water partition coefficient (Wildman–Crippen LogP) is 2.64. The van der Waals surface area contributed by atoms with Crippen LogP contribution in [0.25, 0.3) is 0 Å². The van der Waals surface area contributed by atoms with Crippen molar-refractivity contribution in [2.45, 2.75) is 4.90 Å². The van der Waals surface area contributed by atoms with Crippen molar-refractivity contribution in [1.82, 2.24) is 4.98 Å². The topological polar surface area (TPSA) is 59.1 Å². The lowest BCUT2D eigenvalue weighted by Gasteiger charge is -2.06. The minimum absolute atomic E-state index is 0.192. The van der Waals surface area contributed by atoms with Crippen molar-refractivity contribution in [2.24, 2.45) is 0 Å². The summed E-state index contributed by atoms with van der Waals surface area (Å²) in [7, 11) is -3.58. The number of halogens is 1. The van der Waals surface area contributed by atoms with E-state index in [1.54, 1.807) is 30.3 Å². The Morgan fingerprint density at radius 1 is 1.12 bits per heavy atom. The van der Waals surface area contributed by atoms with E-state index in [4.69, 9.17) is 0 Å². The molecule has 0 saturated carbocycles. The van der Waals surface area contributed by atoms with Gasteiger partial charge in [0.25, 0.3) is 10.0 Å². The molecule has 0 bridgehead atoms. The standard InChI is InChI=1S/C11H9BrN2O2S/c12-9-4-3-5-10(8-9)17(15,16)14-11-6-1-2-7-13-11/h1-8H,(H,13,14). The van der Waals surface area contributed by atoms with E-state index in [9.17, 15) is 8.42 Å². The molecule has 6 heteroatoms. The largest absolute Gasteiger partial charge is 0.263 e. The third-order valence-electron chi connectivity index (χ3n) is 2.01. The van der Waals surface area contributed by atoms with E-state index in [0.29, 0.717) is 10.3 Å². The summed E-state index contributed by atoms with van der Waals surface area (Å²) in [5, 5.41) is 0. The van der Waals surface area contributed by atoms with Gasteiger partial charge in [0.2, 0.25) is 0 Å². The fraction of sp³-hybridized carbons (Fsp3) is 0. The summed E-state index contributed by atoms with van der Waals surface area (Å²) >= 11 is 3.23. The zero-order chi connectivity index (χ0) is 12.3. The number of benzene rings is 1. The Bertz CT molecular complexity index is 614. The molecule has 17 heavy (non-hydrogen) atoms. The molecule has 1 heterocycles. The number of nitrogens with zero attached hydrogens (tertiary/aromatic N) is 1. The average molecular weight is 313 g/mol. The number of hydrogen-bond donors (Lipinski definition) is 1. The molecule has 0 amide bonds. The van der Waals surface area contributed by atoms with Crippen molar-refractivity contribution in [3.63, 3.8) is 0 Å². The first-order valence-corrected chi connectivity index (χ1v) is 7.05. The van der Waals surface area contributed by atoms with Crippen molar-refractivity contribution < 1.29 is 8.42 Å². The van der Waals surface area contributed by atoms with E-state index in [0.717, 1.165) is 0 Å². The van der Waals surface area contributed by atoms with Gasteiger partial charge in [-0.2, -0.15) is 0 Å². The lowest BCUT2D eigenvalue weighted by Crippen LogP contribution is -2.13. The van der Waals surface area contributed by atoms with Crippen LogP contribution in [0.5, 0.6) is 0 Å². The minimum Gasteiger partial charge on any atom is -0.263 e. The Hall–Kier alpha value is -1.40. The number of anilines is 1. The van der Waals surface area contributed by atoms with E-state index in [-0.39, 0.29) is 4.90 Å². The summed E-state index contributed by atoms with van der Waals surface area (Å²) in [6.45, 7) is 0. The zero-order valence-electron chi connectivity index (χ0n) is 8.67. The number of sulfonamides is 1. The number of rotatable bonds is 3. The van der Waals surface area contributed by atoms with Gasteiger partial charge in [-0.25, -0.2) is 13.4 Å². The van der Waals surface area contributed by atoms with Gasteiger partial charge in [0.1, 0.15) is 5.82 Å². The van der Waals surface area contributed by atoms with Gasteiger partial charge in [-0.3, -0.25) is 4.72 Å². The molecule has 0 aliphatic rings. The Kier molecular flexibility index (Phi) is 3.44. The molecule has 2 rings (SSSR count). The normalized spacial score (nSPS) is 11.1. The molecule has 0 radical (unpaired) electrons. The molecule has 0 atom stereocenters. The van der Waals surface area contributed by atoms with Crippen molar-refractivity contribution in [2.75, 3.05) is 4.72 Å². The van der Waals surface area contributed by atoms with Gasteiger partial charge in [0, 0.05) is 10.7 Å². The second-order valence-electron chi connectivity index (χ2n) is 3.28. The van der Waals surface area contributed by atoms with Gasteiger partial charge in [-0.1, -0.05) is 28.1 Å². The first-order chi connectivity index (χ1) is 8.08. The fourth-order valence-corrected chi connectivity index (χ4v) is 2.86. The highest BCUT2D eigenvalue weighted by Crippen LogP contribution is 2.18. The van der Waals surface area contributed by atoms with Crippen LogP contribution < -0.4 is 4.72 Å². The van der Waals surface area contributed by atoms with Crippen molar-refractivity contribution >= 4 is 31.8 Å². The molecule has 2 aromatic rings. The van der Waals surface area contributed by atoms with E-state index in [2.05, 4.69) is 25.6 Å². The van der Waals surface area contributed by atoms with Gasteiger partial charge in [-0.15, -0.1) is 0 Å². The summed E-state index contributed by atoms with van der Waals surface area (Å²) < 4.78 is 27.1. The Balaban J connectivity index is 2.32. The summed E-state index contributed by atoms with van der Waals surface area (Å²) in [6.07, 6.45) is 1.53. The van der Waals surface area contributed by atoms with Crippen LogP contribution in [0.3, 0.4) is 0 Å². The Labute approximate surface area is 108 Å². The van der Waals surface area contributed by atoms with Crippen LogP contribution in [0.15, 0.2) is 58.0 Å². The second-order valence-corrected chi connectivity index (χ2v) is 5.88. The molecule has 88 valence electrons. The molecule has 1 aromatic carbocycles. The molecular weight excluding hydrogens is 304 g/mol. The van der Waals surface area contributed by atoms with Crippen LogP contribution >= 0.6 is 15.9 Å². The minimum atomic E-state index is -3.58. The van der Waals surface area contributed by atoms with E-state index in [1.165, 1.54) is 18.3 Å². The molecular formula is C11H9BrN2O2S. The molecule has 0 spiro atoms. The molecule has 0 saturated heterocycles. The maximum absolute atomic E-state index is 12.0. The van der Waals surface area contributed by atoms with Crippen molar-refractivity contribution in [3.05, 3.63) is 53.1 Å². The summed E-state index contributed by atoms with van der Waals surface area (Å²) in [4.78, 5) is 4.10. The molecule has 0 unspecified atom stereocenters. The van der Waals surface area contributed by atoms with Crippen LogP contribution in [0.4, 0.5) is 5.82 Å². The monoisotopic (exact) mass is 312 g/mol. The van der Waals surface area contributed by atoms with Gasteiger partial charge < -0.3 is 0 Å². The first-order valence-electron chi connectivity index (χ1n) is 4.77. The molecule has 0 aliphatic heterocycles. The van der Waals surface area contributed by atoms with Gasteiger partial charge in [-0.05, 0) is 30.3 Å². The smallest absolute Gasteiger partial charge is 0.263 e. The first kappa shape index (κ1) is 12.1. The molecule has 0 aliphatic carbocycles. The van der Waals surface area contributed by atoms with Crippen LogP contribution in [0, 0.1) is 0 Å². The van der Waals surface area contributed by atoms with Gasteiger partial charge in [0.05, 0.1) is 4.90 Å². The highest BCUT2D eigenvalue weighted by atomic mass is 79.9. The number of aromatic nitrogens is 1. The maximum atomic E-state index is 12.0. The van der Waals surface area contributed by atoms with Gasteiger partial charge >= 0.3 is 0 Å². The number of pyridine rings is 1. The zero-order valence-corrected chi connectivity index (χ0v) is 11.1. The van der Waals surface area contributed by atoms with E-state index < -0.39 is 10.0 Å². The maximum Gasteiger partial charge on any atom is 0.263 e. The van der Waals surface area contributed by atoms with E-state index in [1.807, 2.05) is 0 Å². The van der Waals surface area contributed by atoms with Crippen LogP contribution in [0.1, 0.15) is 0 Å². The van der Waals surface area contributed by atoms with E-state index >= 15 is 0 Å². The summed E-state index contributed by atoms with van der Waals surface area (Å²) in [5.41, 5.74) is 0. The third-order valence-corrected chi connectivity index (χ3v) is 3.86. The Morgan fingerprint density at radius 2 is 1.94 bits per heavy atom. The summed E-state index contributed by atoms with van der Waals surface area (Å²) in [6, 6.07) is 11.5. The molecule has 1 aromatic heterocycles. The highest BCUT2D eigenvalue weighted by molar-refractivity contribution is 9.10. The molecule has 1 N–H and O–H groups in total. The Morgan fingerprint density at radius 3 is 2.59 bits per heavy atom. The van der Waals surface area contributed by atoms with Crippen LogP contribution in [-0.4, -0.2) is 13.4 Å². The third kappa shape index (κ3) is 3.04. The average Bonchev–Trinajstić information content (AvgIpc) is 2.30. The molecule has 0 fully saturated rings. The predicted molar refractivity (Wildman–Crippen MR) is 69.2 cm³/mol. The van der Waals surface area contributed by atoms with Crippen LogP contribution in [0.2, 0.25) is 0 Å². The lowest BCUT2D eigenvalue weighted by molar-refractivity contribution is 0.601. The number of nitrogens with one attached hydrogen (secondary N) is 1. The fourth-order valence-electron chi connectivity index (χ4n) is 1.25. The quantitative estimate of drug-likeness (QED) is 0.947.